The van der Waals surface area contributed by atoms with Gasteiger partial charge in [-0.25, -0.2) is 4.79 Å². The first-order valence-electron chi connectivity index (χ1n) is 9.84. The summed E-state index contributed by atoms with van der Waals surface area (Å²) in [6, 6.07) is 7.65. The molecule has 0 bridgehead atoms. The number of carbonyl (C=O) groups is 2. The Morgan fingerprint density at radius 2 is 1.67 bits per heavy atom. The highest BCUT2D eigenvalue weighted by atomic mass is 127. The van der Waals surface area contributed by atoms with E-state index in [-0.39, 0.29) is 29.9 Å². The third-order valence-electron chi connectivity index (χ3n) is 3.86. The maximum atomic E-state index is 11.8. The Morgan fingerprint density at radius 1 is 1.03 bits per heavy atom. The largest absolute Gasteiger partial charge is 0.469 e. The van der Waals surface area contributed by atoms with Crippen LogP contribution in [0.15, 0.2) is 29.3 Å². The van der Waals surface area contributed by atoms with Gasteiger partial charge in [0.1, 0.15) is 5.60 Å². The maximum Gasteiger partial charge on any atom is 0.412 e. The highest BCUT2D eigenvalue weighted by molar-refractivity contribution is 14.0. The first kappa shape index (κ1) is 28.0. The van der Waals surface area contributed by atoms with Gasteiger partial charge in [0.15, 0.2) is 5.96 Å². The second kappa shape index (κ2) is 14.9. The number of unbranched alkanes of at least 4 members (excludes halogenated alkanes) is 1. The van der Waals surface area contributed by atoms with Crippen LogP contribution in [0.4, 0.5) is 10.5 Å². The molecular formula is C21H35IN4O4. The van der Waals surface area contributed by atoms with Gasteiger partial charge in [0.25, 0.3) is 0 Å². The highest BCUT2D eigenvalue weighted by Crippen LogP contribution is 2.13. The normalized spacial score (nSPS) is 11.2. The number of ether oxygens (including phenoxy) is 2. The second-order valence-corrected chi connectivity index (χ2v) is 7.53. The molecule has 1 aromatic rings. The molecule has 8 nitrogen and oxygen atoms in total. The van der Waals surface area contributed by atoms with Crippen LogP contribution in [0.5, 0.6) is 0 Å². The van der Waals surface area contributed by atoms with Crippen LogP contribution in [0.1, 0.15) is 45.6 Å². The molecular weight excluding hydrogens is 499 g/mol. The molecule has 0 radical (unpaired) electrons. The summed E-state index contributed by atoms with van der Waals surface area (Å²) in [5, 5.41) is 9.20. The van der Waals surface area contributed by atoms with Crippen LogP contribution in [0.25, 0.3) is 0 Å². The minimum Gasteiger partial charge on any atom is -0.469 e. The number of carbonyl (C=O) groups excluding carboxylic acids is 2. The standard InChI is InChI=1S/C21H34N4O4.HI/c1-21(2,3)29-20(27)25-17-11-9-16(10-12-17)13-15-24-19(22-4)23-14-7-6-8-18(26)28-5;/h9-12H,6-8,13-15H2,1-5H3,(H,25,27)(H2,22,23,24);1H. The highest BCUT2D eigenvalue weighted by Gasteiger charge is 2.16. The zero-order chi connectivity index (χ0) is 21.7. The van der Waals surface area contributed by atoms with Gasteiger partial charge in [0, 0.05) is 32.2 Å². The molecule has 0 fully saturated rings. The molecule has 0 aliphatic carbocycles. The van der Waals surface area contributed by atoms with E-state index in [1.807, 2.05) is 45.0 Å². The van der Waals surface area contributed by atoms with E-state index in [4.69, 9.17) is 4.74 Å². The van der Waals surface area contributed by atoms with Crippen molar-refractivity contribution in [2.24, 2.45) is 4.99 Å². The summed E-state index contributed by atoms with van der Waals surface area (Å²) in [5.74, 6) is 0.547. The van der Waals surface area contributed by atoms with Crippen molar-refractivity contribution in [2.75, 3.05) is 32.6 Å². The third kappa shape index (κ3) is 13.2. The molecule has 0 aliphatic rings. The van der Waals surface area contributed by atoms with Gasteiger partial charge in [-0.05, 0) is 57.7 Å². The van der Waals surface area contributed by atoms with Gasteiger partial charge < -0.3 is 20.1 Å². The predicted molar refractivity (Wildman–Crippen MR) is 131 cm³/mol. The molecule has 0 unspecified atom stereocenters. The Morgan fingerprint density at radius 3 is 2.23 bits per heavy atom. The fraction of sp³-hybridized carbons (Fsp3) is 0.571. The fourth-order valence-corrected chi connectivity index (χ4v) is 2.43. The van der Waals surface area contributed by atoms with E-state index in [0.29, 0.717) is 12.1 Å². The molecule has 0 aliphatic heterocycles. The number of hydrogen-bond donors (Lipinski definition) is 3. The van der Waals surface area contributed by atoms with Crippen molar-refractivity contribution < 1.29 is 19.1 Å². The summed E-state index contributed by atoms with van der Waals surface area (Å²) < 4.78 is 9.85. The molecule has 0 spiro atoms. The van der Waals surface area contributed by atoms with Crippen molar-refractivity contribution in [3.63, 3.8) is 0 Å². The van der Waals surface area contributed by atoms with Gasteiger partial charge in [-0.15, -0.1) is 24.0 Å². The van der Waals surface area contributed by atoms with E-state index in [9.17, 15) is 9.59 Å². The summed E-state index contributed by atoms with van der Waals surface area (Å²) in [5.41, 5.74) is 1.31. The monoisotopic (exact) mass is 534 g/mol. The summed E-state index contributed by atoms with van der Waals surface area (Å²) >= 11 is 0. The zero-order valence-electron chi connectivity index (χ0n) is 18.5. The minimum atomic E-state index is -0.524. The topological polar surface area (TPSA) is 101 Å². The van der Waals surface area contributed by atoms with Crippen molar-refractivity contribution in [2.45, 2.75) is 52.1 Å². The van der Waals surface area contributed by atoms with Gasteiger partial charge in [-0.3, -0.25) is 15.1 Å². The number of guanidine groups is 1. The van der Waals surface area contributed by atoms with Gasteiger partial charge in [0.2, 0.25) is 0 Å². The van der Waals surface area contributed by atoms with Crippen molar-refractivity contribution in [1.29, 1.82) is 0 Å². The van der Waals surface area contributed by atoms with Crippen molar-refractivity contribution in [3.8, 4) is 0 Å². The van der Waals surface area contributed by atoms with E-state index >= 15 is 0 Å². The number of halogens is 1. The lowest BCUT2D eigenvalue weighted by Crippen LogP contribution is -2.38. The number of aliphatic imine (C=N–C) groups is 1. The number of rotatable bonds is 9. The molecule has 1 rings (SSSR count). The summed E-state index contributed by atoms with van der Waals surface area (Å²) in [7, 11) is 3.12. The first-order chi connectivity index (χ1) is 13.7. The number of nitrogens with one attached hydrogen (secondary N) is 3. The molecule has 9 heteroatoms. The van der Waals surface area contributed by atoms with Crippen LogP contribution in [0, 0.1) is 0 Å². The lowest BCUT2D eigenvalue weighted by Gasteiger charge is -2.19. The first-order valence-corrected chi connectivity index (χ1v) is 9.84. The molecule has 0 aromatic heterocycles. The van der Waals surface area contributed by atoms with E-state index in [1.54, 1.807) is 7.05 Å². The number of hydrogen-bond acceptors (Lipinski definition) is 5. The van der Waals surface area contributed by atoms with Crippen LogP contribution < -0.4 is 16.0 Å². The molecule has 0 saturated heterocycles. The van der Waals surface area contributed by atoms with Gasteiger partial charge in [-0.2, -0.15) is 0 Å². The summed E-state index contributed by atoms with van der Waals surface area (Å²) in [6.07, 6.45) is 2.43. The Balaban J connectivity index is 0.00000841. The Labute approximate surface area is 196 Å². The number of nitrogens with zero attached hydrogens (tertiary/aromatic N) is 1. The summed E-state index contributed by atoms with van der Waals surface area (Å²) in [4.78, 5) is 27.0. The van der Waals surface area contributed by atoms with Gasteiger partial charge >= 0.3 is 12.1 Å². The van der Waals surface area contributed by atoms with E-state index in [1.165, 1.54) is 7.11 Å². The van der Waals surface area contributed by atoms with Crippen LogP contribution >= 0.6 is 24.0 Å². The smallest absolute Gasteiger partial charge is 0.412 e. The van der Waals surface area contributed by atoms with Crippen molar-refractivity contribution in [3.05, 3.63) is 29.8 Å². The fourth-order valence-electron chi connectivity index (χ4n) is 2.43. The summed E-state index contributed by atoms with van der Waals surface area (Å²) in [6.45, 7) is 6.94. The molecule has 170 valence electrons. The average molecular weight is 534 g/mol. The van der Waals surface area contributed by atoms with Crippen LogP contribution in [0.2, 0.25) is 0 Å². The predicted octanol–water partition coefficient (Wildman–Crippen LogP) is 3.70. The van der Waals surface area contributed by atoms with Crippen LogP contribution in [0.3, 0.4) is 0 Å². The Hall–Kier alpha value is -2.04. The number of amides is 1. The van der Waals surface area contributed by atoms with E-state index < -0.39 is 11.7 Å². The molecule has 0 atom stereocenters. The molecule has 30 heavy (non-hydrogen) atoms. The third-order valence-corrected chi connectivity index (χ3v) is 3.86. The van der Waals surface area contributed by atoms with Crippen LogP contribution in [-0.4, -0.2) is 50.9 Å². The SMILES string of the molecule is CN=C(NCCCCC(=O)OC)NCCc1ccc(NC(=O)OC(C)(C)C)cc1.I. The van der Waals surface area contributed by atoms with Crippen LogP contribution in [-0.2, 0) is 20.7 Å². The number of methoxy groups -OCH3 is 1. The average Bonchev–Trinajstić information content (AvgIpc) is 2.65. The number of anilines is 1. The Kier molecular flexibility index (Phi) is 13.9. The maximum absolute atomic E-state index is 11.8. The number of benzene rings is 1. The Bertz CT molecular complexity index is 673. The van der Waals surface area contributed by atoms with E-state index in [0.717, 1.165) is 43.9 Å². The zero-order valence-corrected chi connectivity index (χ0v) is 20.9. The van der Waals surface area contributed by atoms with Crippen molar-refractivity contribution >= 4 is 47.7 Å². The van der Waals surface area contributed by atoms with Crippen molar-refractivity contribution in [1.82, 2.24) is 10.6 Å². The molecule has 3 N–H and O–H groups in total. The second-order valence-electron chi connectivity index (χ2n) is 7.53. The lowest BCUT2D eigenvalue weighted by molar-refractivity contribution is -0.140. The quantitative estimate of drug-likeness (QED) is 0.147. The van der Waals surface area contributed by atoms with E-state index in [2.05, 4.69) is 25.7 Å². The molecule has 0 heterocycles. The molecule has 1 amide bonds. The van der Waals surface area contributed by atoms with Gasteiger partial charge in [0.05, 0.1) is 7.11 Å². The van der Waals surface area contributed by atoms with Gasteiger partial charge in [-0.1, -0.05) is 12.1 Å². The molecule has 0 saturated carbocycles. The minimum absolute atomic E-state index is 0. The number of esters is 1. The molecule has 1 aromatic carbocycles. The lowest BCUT2D eigenvalue weighted by atomic mass is 10.1.